The molecular formula is C24H21N3O3. The summed E-state index contributed by atoms with van der Waals surface area (Å²) >= 11 is 0. The summed E-state index contributed by atoms with van der Waals surface area (Å²) in [6.45, 7) is 0. The van der Waals surface area contributed by atoms with Crippen LogP contribution in [0.4, 0.5) is 11.5 Å². The number of carbonyl (C=O) groups excluding carboxylic acids is 2. The van der Waals surface area contributed by atoms with E-state index in [0.717, 1.165) is 5.69 Å². The van der Waals surface area contributed by atoms with Gasteiger partial charge in [-0.2, -0.15) is 0 Å². The smallest absolute Gasteiger partial charge is 0.301 e. The number of benzene rings is 2. The van der Waals surface area contributed by atoms with Crippen molar-refractivity contribution in [1.82, 2.24) is 4.98 Å². The number of amides is 1. The van der Waals surface area contributed by atoms with E-state index in [1.165, 1.54) is 4.90 Å². The molecule has 1 N–H and O–H groups in total. The van der Waals surface area contributed by atoms with Gasteiger partial charge in [0.05, 0.1) is 11.6 Å². The molecule has 1 fully saturated rings. The third-order valence-corrected chi connectivity index (χ3v) is 5.11. The largest absolute Gasteiger partial charge is 0.507 e. The number of rotatable bonds is 4. The number of hydrogen-bond donors (Lipinski definition) is 1. The first-order valence-corrected chi connectivity index (χ1v) is 9.54. The average molecular weight is 399 g/mol. The molecule has 4 rings (SSSR count). The molecule has 0 aliphatic carbocycles. The lowest BCUT2D eigenvalue weighted by atomic mass is 9.95. The van der Waals surface area contributed by atoms with Crippen LogP contribution in [0.5, 0.6) is 0 Å². The van der Waals surface area contributed by atoms with Gasteiger partial charge in [-0.3, -0.25) is 14.5 Å². The predicted octanol–water partition coefficient (Wildman–Crippen LogP) is 3.77. The molecule has 6 nitrogen and oxygen atoms in total. The van der Waals surface area contributed by atoms with Crippen molar-refractivity contribution in [3.8, 4) is 0 Å². The molecule has 0 bridgehead atoms. The fraction of sp³-hybridized carbons (Fsp3) is 0.125. The molecule has 3 aromatic rings. The fourth-order valence-electron chi connectivity index (χ4n) is 3.59. The van der Waals surface area contributed by atoms with E-state index in [-0.39, 0.29) is 11.3 Å². The summed E-state index contributed by atoms with van der Waals surface area (Å²) in [6, 6.07) is 20.7. The quantitative estimate of drug-likeness (QED) is 0.411. The molecule has 0 saturated carbocycles. The van der Waals surface area contributed by atoms with Crippen molar-refractivity contribution in [2.24, 2.45) is 0 Å². The number of carbonyl (C=O) groups is 2. The molecule has 2 heterocycles. The van der Waals surface area contributed by atoms with Crippen LogP contribution in [0.1, 0.15) is 17.2 Å². The zero-order valence-electron chi connectivity index (χ0n) is 16.7. The van der Waals surface area contributed by atoms with Crippen LogP contribution in [0.3, 0.4) is 0 Å². The van der Waals surface area contributed by atoms with Gasteiger partial charge in [0.25, 0.3) is 5.78 Å². The van der Waals surface area contributed by atoms with E-state index in [1.807, 2.05) is 49.3 Å². The number of nitrogens with zero attached hydrogens (tertiary/aromatic N) is 3. The molecule has 1 aliphatic heterocycles. The lowest BCUT2D eigenvalue weighted by Crippen LogP contribution is -2.30. The number of Topliss-reactive ketones (excluding diaryl/α,β-unsaturated/α-hetero) is 1. The molecule has 0 radical (unpaired) electrons. The lowest BCUT2D eigenvalue weighted by molar-refractivity contribution is -0.132. The van der Waals surface area contributed by atoms with E-state index in [9.17, 15) is 14.7 Å². The van der Waals surface area contributed by atoms with Crippen LogP contribution in [-0.4, -0.2) is 35.9 Å². The Labute approximate surface area is 174 Å². The highest BCUT2D eigenvalue weighted by Gasteiger charge is 2.47. The Morgan fingerprint density at radius 3 is 2.20 bits per heavy atom. The maximum absolute atomic E-state index is 13.0. The van der Waals surface area contributed by atoms with Crippen LogP contribution < -0.4 is 9.80 Å². The minimum absolute atomic E-state index is 0.0504. The monoisotopic (exact) mass is 399 g/mol. The van der Waals surface area contributed by atoms with Gasteiger partial charge >= 0.3 is 5.91 Å². The molecule has 1 atom stereocenters. The minimum Gasteiger partial charge on any atom is -0.507 e. The van der Waals surface area contributed by atoms with Crippen LogP contribution in [0.25, 0.3) is 5.76 Å². The van der Waals surface area contributed by atoms with E-state index in [1.54, 1.807) is 48.7 Å². The van der Waals surface area contributed by atoms with Gasteiger partial charge in [0.2, 0.25) is 0 Å². The highest BCUT2D eigenvalue weighted by Crippen LogP contribution is 2.41. The van der Waals surface area contributed by atoms with Crippen molar-refractivity contribution in [3.63, 3.8) is 0 Å². The number of pyridine rings is 1. The van der Waals surface area contributed by atoms with Crippen molar-refractivity contribution in [2.45, 2.75) is 6.04 Å². The average Bonchev–Trinajstić information content (AvgIpc) is 3.05. The number of aliphatic hydroxyl groups is 1. The van der Waals surface area contributed by atoms with Crippen LogP contribution >= 0.6 is 0 Å². The van der Waals surface area contributed by atoms with Crippen molar-refractivity contribution >= 4 is 29.0 Å². The minimum atomic E-state index is -0.781. The first-order chi connectivity index (χ1) is 14.5. The molecule has 0 spiro atoms. The van der Waals surface area contributed by atoms with Gasteiger partial charge in [0.1, 0.15) is 11.6 Å². The number of aliphatic hydroxyl groups excluding tert-OH is 1. The molecule has 30 heavy (non-hydrogen) atoms. The Hall–Kier alpha value is -3.93. The van der Waals surface area contributed by atoms with Crippen molar-refractivity contribution in [3.05, 3.63) is 95.7 Å². The van der Waals surface area contributed by atoms with Gasteiger partial charge in [-0.15, -0.1) is 0 Å². The summed E-state index contributed by atoms with van der Waals surface area (Å²) < 4.78 is 0. The molecule has 1 aliphatic rings. The summed E-state index contributed by atoms with van der Waals surface area (Å²) in [4.78, 5) is 33.6. The zero-order chi connectivity index (χ0) is 21.3. The third-order valence-electron chi connectivity index (χ3n) is 5.11. The summed E-state index contributed by atoms with van der Waals surface area (Å²) in [5, 5.41) is 11.0. The van der Waals surface area contributed by atoms with Gasteiger partial charge in [0, 0.05) is 31.5 Å². The first-order valence-electron chi connectivity index (χ1n) is 9.54. The normalized spacial score (nSPS) is 17.9. The van der Waals surface area contributed by atoms with E-state index in [2.05, 4.69) is 4.98 Å². The zero-order valence-corrected chi connectivity index (χ0v) is 16.7. The topological polar surface area (TPSA) is 73.7 Å². The van der Waals surface area contributed by atoms with E-state index < -0.39 is 17.7 Å². The second-order valence-electron chi connectivity index (χ2n) is 7.21. The van der Waals surface area contributed by atoms with Crippen molar-refractivity contribution in [1.29, 1.82) is 0 Å². The van der Waals surface area contributed by atoms with E-state index in [0.29, 0.717) is 16.9 Å². The van der Waals surface area contributed by atoms with Crippen molar-refractivity contribution in [2.75, 3.05) is 23.9 Å². The highest BCUT2D eigenvalue weighted by molar-refractivity contribution is 6.51. The fourth-order valence-corrected chi connectivity index (χ4v) is 3.59. The molecule has 1 amide bonds. The number of anilines is 2. The molecule has 150 valence electrons. The van der Waals surface area contributed by atoms with Crippen LogP contribution in [0.15, 0.2) is 84.6 Å². The Morgan fingerprint density at radius 1 is 0.933 bits per heavy atom. The van der Waals surface area contributed by atoms with Crippen LogP contribution in [0, 0.1) is 0 Å². The molecule has 1 saturated heterocycles. The van der Waals surface area contributed by atoms with Crippen LogP contribution in [0.2, 0.25) is 0 Å². The van der Waals surface area contributed by atoms with Gasteiger partial charge in [-0.1, -0.05) is 48.5 Å². The maximum Gasteiger partial charge on any atom is 0.301 e. The predicted molar refractivity (Wildman–Crippen MR) is 116 cm³/mol. The highest BCUT2D eigenvalue weighted by atomic mass is 16.3. The SMILES string of the molecule is CN(C)c1ccc([C@H]2C(=C(O)c3ccccc3)C(=O)C(=O)N2c2ccccn2)cc1. The molecule has 6 heteroatoms. The van der Waals surface area contributed by atoms with Gasteiger partial charge in [0.15, 0.2) is 0 Å². The Bertz CT molecular complexity index is 1110. The number of aromatic nitrogens is 1. The maximum atomic E-state index is 13.0. The lowest BCUT2D eigenvalue weighted by Gasteiger charge is -2.25. The Kier molecular flexibility index (Phi) is 5.06. The van der Waals surface area contributed by atoms with E-state index >= 15 is 0 Å². The second-order valence-corrected chi connectivity index (χ2v) is 7.21. The number of ketones is 1. The third kappa shape index (κ3) is 3.33. The molecule has 0 unspecified atom stereocenters. The Morgan fingerprint density at radius 2 is 1.60 bits per heavy atom. The summed E-state index contributed by atoms with van der Waals surface area (Å²) in [7, 11) is 3.87. The van der Waals surface area contributed by atoms with Gasteiger partial charge < -0.3 is 10.0 Å². The van der Waals surface area contributed by atoms with E-state index in [4.69, 9.17) is 0 Å². The molecule has 2 aromatic carbocycles. The first kappa shape index (κ1) is 19.4. The Balaban J connectivity index is 1.92. The number of hydrogen-bond acceptors (Lipinski definition) is 5. The summed E-state index contributed by atoms with van der Waals surface area (Å²) in [6.07, 6.45) is 1.57. The summed E-state index contributed by atoms with van der Waals surface area (Å²) in [5.74, 6) is -1.29. The molecule has 1 aromatic heterocycles. The van der Waals surface area contributed by atoms with Gasteiger partial charge in [-0.05, 0) is 29.8 Å². The second kappa shape index (κ2) is 7.83. The summed E-state index contributed by atoms with van der Waals surface area (Å²) in [5.41, 5.74) is 2.22. The van der Waals surface area contributed by atoms with Crippen molar-refractivity contribution < 1.29 is 14.7 Å². The molecular weight excluding hydrogens is 378 g/mol. The standard InChI is InChI=1S/C24H21N3O3/c1-26(2)18-13-11-16(12-14-18)21-20(22(28)17-8-4-3-5-9-17)23(29)24(30)27(21)19-10-6-7-15-25-19/h3-15,21,28H,1-2H3/t21-/m0/s1. The van der Waals surface area contributed by atoms with Gasteiger partial charge in [-0.25, -0.2) is 4.98 Å². The van der Waals surface area contributed by atoms with Crippen LogP contribution in [-0.2, 0) is 9.59 Å².